The van der Waals surface area contributed by atoms with Crippen molar-refractivity contribution in [3.63, 3.8) is 0 Å². The molecule has 0 aromatic heterocycles. The second-order valence-electron chi connectivity index (χ2n) is 9.22. The van der Waals surface area contributed by atoms with Gasteiger partial charge in [-0.05, 0) is 55.2 Å². The molecule has 1 aliphatic heterocycles. The van der Waals surface area contributed by atoms with E-state index in [0.29, 0.717) is 6.42 Å². The minimum absolute atomic E-state index is 0.00127. The van der Waals surface area contributed by atoms with E-state index < -0.39 is 46.2 Å². The van der Waals surface area contributed by atoms with E-state index in [1.807, 2.05) is 40.8 Å². The SMILES string of the molecule is [2H]C([2H])(CO[Si](C)(C)C(C)(C)C)C([2H])([2H])C([2H])([2H])CC(=O)/C=C/[C@@H]1[C@H]2CC(=O)O[C@H]2C[C@H]1C. The van der Waals surface area contributed by atoms with Crippen molar-refractivity contribution in [1.29, 1.82) is 0 Å². The highest BCUT2D eigenvalue weighted by atomic mass is 28.4. The molecule has 2 aliphatic rings. The smallest absolute Gasteiger partial charge is 0.306 e. The summed E-state index contributed by atoms with van der Waals surface area (Å²) in [6.07, 6.45) is -5.32. The zero-order chi connectivity index (χ0) is 25.6. The molecule has 1 saturated heterocycles. The highest BCUT2D eigenvalue weighted by Crippen LogP contribution is 2.45. The van der Waals surface area contributed by atoms with Crippen molar-refractivity contribution in [2.75, 3.05) is 6.61 Å². The number of esters is 1. The summed E-state index contributed by atoms with van der Waals surface area (Å²) in [5.74, 6) is -0.694. The topological polar surface area (TPSA) is 52.6 Å². The summed E-state index contributed by atoms with van der Waals surface area (Å²) in [5.41, 5.74) is 0. The van der Waals surface area contributed by atoms with Gasteiger partial charge >= 0.3 is 5.97 Å². The Hall–Kier alpha value is -0.943. The monoisotopic (exact) mass is 400 g/mol. The van der Waals surface area contributed by atoms with Gasteiger partial charge in [0.2, 0.25) is 0 Å². The molecule has 0 aromatic carbocycles. The van der Waals surface area contributed by atoms with Crippen LogP contribution in [0.3, 0.4) is 0 Å². The molecule has 4 nitrogen and oxygen atoms in total. The molecule has 0 amide bonds. The molecule has 0 aromatic rings. The van der Waals surface area contributed by atoms with E-state index in [1.165, 1.54) is 6.08 Å². The fourth-order valence-corrected chi connectivity index (χ4v) is 4.32. The van der Waals surface area contributed by atoms with E-state index in [2.05, 4.69) is 0 Å². The molecule has 27 heavy (non-hydrogen) atoms. The van der Waals surface area contributed by atoms with Crippen LogP contribution in [0.4, 0.5) is 0 Å². The van der Waals surface area contributed by atoms with Gasteiger partial charge in [-0.1, -0.05) is 40.1 Å². The summed E-state index contributed by atoms with van der Waals surface area (Å²) in [6, 6.07) is 0. The maximum atomic E-state index is 12.6. The summed E-state index contributed by atoms with van der Waals surface area (Å²) in [4.78, 5) is 24.1. The van der Waals surface area contributed by atoms with E-state index in [4.69, 9.17) is 17.4 Å². The lowest BCUT2D eigenvalue weighted by Crippen LogP contribution is -2.40. The van der Waals surface area contributed by atoms with E-state index in [9.17, 15) is 9.59 Å². The minimum Gasteiger partial charge on any atom is -0.462 e. The molecule has 0 spiro atoms. The number of carbonyl (C=O) groups is 2. The molecule has 2 fully saturated rings. The first-order valence-electron chi connectivity index (χ1n) is 12.8. The Balaban J connectivity index is 2.07. The molecule has 0 radical (unpaired) electrons. The highest BCUT2D eigenvalue weighted by Gasteiger charge is 2.47. The molecule has 1 heterocycles. The number of hydrogen-bond donors (Lipinski definition) is 0. The fraction of sp³-hybridized carbons (Fsp3) is 0.818. The summed E-state index contributed by atoms with van der Waals surface area (Å²) >= 11 is 0. The van der Waals surface area contributed by atoms with E-state index in [0.717, 1.165) is 6.42 Å². The molecule has 154 valence electrons. The molecular formula is C22H38O4Si. The van der Waals surface area contributed by atoms with Gasteiger partial charge in [-0.15, -0.1) is 0 Å². The van der Waals surface area contributed by atoms with Crippen molar-refractivity contribution < 1.29 is 27.0 Å². The van der Waals surface area contributed by atoms with Crippen molar-refractivity contribution in [2.45, 2.75) is 90.3 Å². The fourth-order valence-electron chi connectivity index (χ4n) is 3.45. The van der Waals surface area contributed by atoms with Crippen molar-refractivity contribution in [2.24, 2.45) is 17.8 Å². The predicted octanol–water partition coefficient (Wildman–Crippen LogP) is 5.28. The van der Waals surface area contributed by atoms with E-state index in [-0.39, 0.29) is 34.9 Å². The molecular weight excluding hydrogens is 356 g/mol. The van der Waals surface area contributed by atoms with Crippen LogP contribution in [0.15, 0.2) is 12.2 Å². The number of ketones is 1. The largest absolute Gasteiger partial charge is 0.462 e. The van der Waals surface area contributed by atoms with Gasteiger partial charge in [0.1, 0.15) is 6.10 Å². The third kappa shape index (κ3) is 6.02. The quantitative estimate of drug-likeness (QED) is 0.300. The molecule has 4 atom stereocenters. The van der Waals surface area contributed by atoms with E-state index in [1.54, 1.807) is 6.08 Å². The number of rotatable bonds is 9. The van der Waals surface area contributed by atoms with E-state index >= 15 is 0 Å². The van der Waals surface area contributed by atoms with Gasteiger partial charge in [0.15, 0.2) is 14.1 Å². The third-order valence-corrected chi connectivity index (χ3v) is 10.7. The lowest BCUT2D eigenvalue weighted by atomic mass is 9.88. The Morgan fingerprint density at radius 1 is 1.33 bits per heavy atom. The van der Waals surface area contributed by atoms with Gasteiger partial charge in [-0.3, -0.25) is 9.59 Å². The van der Waals surface area contributed by atoms with Crippen LogP contribution >= 0.6 is 0 Å². The third-order valence-electron chi connectivity index (χ3n) is 6.17. The molecule has 0 N–H and O–H groups in total. The summed E-state index contributed by atoms with van der Waals surface area (Å²) in [5, 5.41) is -0.207. The molecule has 0 bridgehead atoms. The van der Waals surface area contributed by atoms with Crippen LogP contribution in [-0.4, -0.2) is 32.8 Å². The van der Waals surface area contributed by atoms with Crippen LogP contribution < -0.4 is 0 Å². The highest BCUT2D eigenvalue weighted by molar-refractivity contribution is 6.74. The molecule has 1 saturated carbocycles. The Kier molecular flexibility index (Phi) is 5.01. The zero-order valence-electron chi connectivity index (χ0n) is 23.4. The summed E-state index contributed by atoms with van der Waals surface area (Å²) in [7, 11) is -2.38. The van der Waals surface area contributed by atoms with Crippen molar-refractivity contribution in [1.82, 2.24) is 0 Å². The van der Waals surface area contributed by atoms with Crippen LogP contribution in [0.2, 0.25) is 18.1 Å². The van der Waals surface area contributed by atoms with Crippen LogP contribution in [0.1, 0.15) is 74.3 Å². The normalized spacial score (nSPS) is 33.5. The van der Waals surface area contributed by atoms with Crippen LogP contribution in [-0.2, 0) is 18.8 Å². The van der Waals surface area contributed by atoms with Crippen molar-refractivity contribution in [3.8, 4) is 0 Å². The number of carbonyl (C=O) groups excluding carboxylic acids is 2. The molecule has 2 rings (SSSR count). The van der Waals surface area contributed by atoms with Crippen molar-refractivity contribution >= 4 is 20.1 Å². The second-order valence-corrected chi connectivity index (χ2v) is 14.0. The first-order valence-corrected chi connectivity index (χ1v) is 12.7. The van der Waals surface area contributed by atoms with Gasteiger partial charge in [0.25, 0.3) is 0 Å². The Labute approximate surface area is 174 Å². The van der Waals surface area contributed by atoms with Crippen LogP contribution in [0, 0.1) is 17.8 Å². The van der Waals surface area contributed by atoms with Gasteiger partial charge in [-0.2, -0.15) is 0 Å². The minimum atomic E-state index is -2.96. The first-order chi connectivity index (χ1) is 14.7. The van der Waals surface area contributed by atoms with Gasteiger partial charge in [0.05, 0.1) is 6.42 Å². The van der Waals surface area contributed by atoms with Gasteiger partial charge in [-0.25, -0.2) is 0 Å². The number of hydrogen-bond acceptors (Lipinski definition) is 4. The first kappa shape index (κ1) is 15.0. The summed E-state index contributed by atoms with van der Waals surface area (Å²) < 4.78 is 60.6. The molecule has 0 unspecified atom stereocenters. The Bertz CT molecular complexity index is 790. The number of ether oxygens (including phenoxy) is 1. The Morgan fingerprint density at radius 2 is 2.04 bits per heavy atom. The predicted molar refractivity (Wildman–Crippen MR) is 111 cm³/mol. The zero-order valence-corrected chi connectivity index (χ0v) is 18.4. The average Bonchev–Trinajstić information content (AvgIpc) is 3.11. The van der Waals surface area contributed by atoms with Crippen molar-refractivity contribution in [3.05, 3.63) is 12.2 Å². The maximum Gasteiger partial charge on any atom is 0.306 e. The van der Waals surface area contributed by atoms with Crippen LogP contribution in [0.5, 0.6) is 0 Å². The standard InChI is InChI=1S/C22H38O4Si/c1-16-14-20-19(15-21(24)26-20)18(16)12-11-17(23)10-8-7-9-13-25-27(5,6)22(2,3)4/h11-12,16,18-20H,7-10,13-15H2,1-6H3/b12-11+/t16-,18+,19-,20+/m1/s1/i7D2,8D2,9D2. The lowest BCUT2D eigenvalue weighted by Gasteiger charge is -2.36. The van der Waals surface area contributed by atoms with Gasteiger partial charge < -0.3 is 9.16 Å². The number of allylic oxidation sites excluding steroid dienone is 2. The lowest BCUT2D eigenvalue weighted by molar-refractivity contribution is -0.141. The summed E-state index contributed by atoms with van der Waals surface area (Å²) in [6.45, 7) is 11.2. The van der Waals surface area contributed by atoms with Gasteiger partial charge in [0, 0.05) is 27.2 Å². The maximum absolute atomic E-state index is 12.6. The Morgan fingerprint density at radius 3 is 2.70 bits per heavy atom. The molecule has 5 heteroatoms. The van der Waals surface area contributed by atoms with Crippen LogP contribution in [0.25, 0.3) is 0 Å². The molecule has 1 aliphatic carbocycles. The number of fused-ring (bicyclic) bond motifs is 1. The second kappa shape index (κ2) is 9.04. The average molecular weight is 401 g/mol.